The van der Waals surface area contributed by atoms with Crippen LogP contribution in [-0.2, 0) is 19.6 Å². The van der Waals surface area contributed by atoms with Crippen LogP contribution in [0.3, 0.4) is 0 Å². The van der Waals surface area contributed by atoms with Gasteiger partial charge in [0.05, 0.1) is 16.3 Å². The highest BCUT2D eigenvalue weighted by atomic mass is 32.2. The number of hydrogen-bond donors (Lipinski definition) is 5. The maximum Gasteiger partial charge on any atom is 0.413 e. The number of sulfonamides is 1. The van der Waals surface area contributed by atoms with Gasteiger partial charge in [0.1, 0.15) is 0 Å². The normalized spacial score (nSPS) is 12.1. The summed E-state index contributed by atoms with van der Waals surface area (Å²) in [5, 5.41) is 17.8. The van der Waals surface area contributed by atoms with Gasteiger partial charge in [-0.2, -0.15) is 22.8 Å². The molecular weight excluding hydrogens is 522 g/mol. The number of alkyl halides is 4. The SMILES string of the molecule is O=C(O)C(F)(F)C(F)(F)C(=O)NNc1ccc(NS(=O)(=O)c2cccc(-n3[nH]nnc3=S)c2)cc1. The van der Waals surface area contributed by atoms with Crippen LogP contribution in [0.1, 0.15) is 0 Å². The molecule has 0 atom stereocenters. The van der Waals surface area contributed by atoms with Crippen molar-refractivity contribution in [3.63, 3.8) is 0 Å². The summed E-state index contributed by atoms with van der Waals surface area (Å²) in [6, 6.07) is 10.2. The molecule has 0 radical (unpaired) electrons. The number of aromatic nitrogens is 4. The predicted octanol–water partition coefficient (Wildman–Crippen LogP) is 1.92. The lowest BCUT2D eigenvalue weighted by Gasteiger charge is -2.22. The van der Waals surface area contributed by atoms with Crippen molar-refractivity contribution < 1.29 is 40.7 Å². The van der Waals surface area contributed by atoms with Gasteiger partial charge in [0.15, 0.2) is 0 Å². The molecule has 0 saturated heterocycles. The zero-order chi connectivity index (χ0) is 26.0. The third-order valence-corrected chi connectivity index (χ3v) is 5.91. The molecule has 0 unspecified atom stereocenters. The number of anilines is 2. The van der Waals surface area contributed by atoms with E-state index in [-0.39, 0.29) is 21.0 Å². The van der Waals surface area contributed by atoms with Crippen LogP contribution < -0.4 is 15.6 Å². The summed E-state index contributed by atoms with van der Waals surface area (Å²) >= 11 is 4.96. The lowest BCUT2D eigenvalue weighted by molar-refractivity contribution is -0.222. The van der Waals surface area contributed by atoms with E-state index < -0.39 is 33.7 Å². The topological polar surface area (TPSA) is 171 Å². The number of tetrazole rings is 1. The fourth-order valence-electron chi connectivity index (χ4n) is 2.48. The summed E-state index contributed by atoms with van der Waals surface area (Å²) in [7, 11) is -4.10. The van der Waals surface area contributed by atoms with Gasteiger partial charge in [-0.05, 0) is 54.7 Å². The number of rotatable bonds is 9. The van der Waals surface area contributed by atoms with Gasteiger partial charge in [0.2, 0.25) is 4.77 Å². The zero-order valence-corrected chi connectivity index (χ0v) is 18.5. The fraction of sp³-hybridized carbons (Fsp3) is 0.118. The molecule has 1 amide bonds. The molecule has 3 aromatic rings. The van der Waals surface area contributed by atoms with Crippen molar-refractivity contribution in [1.29, 1.82) is 0 Å². The summed E-state index contributed by atoms with van der Waals surface area (Å²) in [6.07, 6.45) is 0. The molecule has 2 aromatic carbocycles. The molecule has 0 spiro atoms. The number of carbonyl (C=O) groups is 2. The number of nitrogens with one attached hydrogen (secondary N) is 4. The van der Waals surface area contributed by atoms with E-state index in [1.165, 1.54) is 40.4 Å². The van der Waals surface area contributed by atoms with E-state index in [0.29, 0.717) is 5.69 Å². The number of halogens is 4. The molecule has 0 aliphatic rings. The molecule has 186 valence electrons. The van der Waals surface area contributed by atoms with Crippen LogP contribution in [-0.4, -0.2) is 57.5 Å². The lowest BCUT2D eigenvalue weighted by atomic mass is 10.1. The Morgan fingerprint density at radius 3 is 2.23 bits per heavy atom. The Bertz CT molecular complexity index is 1420. The van der Waals surface area contributed by atoms with E-state index in [1.54, 1.807) is 6.07 Å². The molecule has 0 aliphatic carbocycles. The number of nitrogens with zero attached hydrogens (tertiary/aromatic N) is 3. The lowest BCUT2D eigenvalue weighted by Crippen LogP contribution is -2.57. The Morgan fingerprint density at radius 1 is 1.03 bits per heavy atom. The number of carboxylic acid groups (broad SMARTS) is 1. The van der Waals surface area contributed by atoms with Crippen molar-refractivity contribution in [3.05, 3.63) is 53.3 Å². The molecule has 0 saturated carbocycles. The van der Waals surface area contributed by atoms with Crippen LogP contribution in [0, 0.1) is 4.77 Å². The number of aromatic amines is 1. The Balaban J connectivity index is 1.69. The van der Waals surface area contributed by atoms with Crippen molar-refractivity contribution in [3.8, 4) is 5.69 Å². The first kappa shape index (κ1) is 25.6. The molecule has 3 rings (SSSR count). The van der Waals surface area contributed by atoms with Crippen molar-refractivity contribution in [2.75, 3.05) is 10.1 Å². The summed E-state index contributed by atoms with van der Waals surface area (Å²) in [5.41, 5.74) is 3.42. The second kappa shape index (κ2) is 9.29. The highest BCUT2D eigenvalue weighted by Gasteiger charge is 2.67. The molecule has 35 heavy (non-hydrogen) atoms. The van der Waals surface area contributed by atoms with E-state index >= 15 is 0 Å². The highest BCUT2D eigenvalue weighted by Crippen LogP contribution is 2.34. The minimum atomic E-state index is -5.64. The van der Waals surface area contributed by atoms with Gasteiger partial charge >= 0.3 is 23.7 Å². The Labute approximate surface area is 198 Å². The number of carboxylic acids is 1. The molecule has 1 aromatic heterocycles. The minimum Gasteiger partial charge on any atom is -0.477 e. The third-order valence-electron chi connectivity index (χ3n) is 4.26. The van der Waals surface area contributed by atoms with E-state index in [2.05, 4.69) is 20.2 Å². The average molecular weight is 535 g/mol. The number of carbonyl (C=O) groups excluding carboxylic acids is 1. The minimum absolute atomic E-state index is 0.0230. The maximum atomic E-state index is 13.4. The number of hydrazine groups is 1. The summed E-state index contributed by atoms with van der Waals surface area (Å²) < 4.78 is 82.0. The quantitative estimate of drug-likeness (QED) is 0.156. The second-order valence-electron chi connectivity index (χ2n) is 6.63. The van der Waals surface area contributed by atoms with Crippen molar-refractivity contribution in [2.24, 2.45) is 0 Å². The molecule has 18 heteroatoms. The summed E-state index contributed by atoms with van der Waals surface area (Å²) in [4.78, 5) is 21.5. The van der Waals surface area contributed by atoms with Gasteiger partial charge in [0, 0.05) is 5.69 Å². The van der Waals surface area contributed by atoms with Crippen LogP contribution in [0.25, 0.3) is 5.69 Å². The van der Waals surface area contributed by atoms with Gasteiger partial charge in [-0.15, -0.1) is 0 Å². The number of hydrogen-bond acceptors (Lipinski definition) is 8. The van der Waals surface area contributed by atoms with Crippen LogP contribution >= 0.6 is 12.2 Å². The van der Waals surface area contributed by atoms with Gasteiger partial charge in [-0.25, -0.2) is 17.9 Å². The Hall–Kier alpha value is -4.06. The highest BCUT2D eigenvalue weighted by molar-refractivity contribution is 7.92. The number of benzene rings is 2. The molecular formula is C17H13F4N7O5S2. The predicted molar refractivity (Wildman–Crippen MR) is 113 cm³/mol. The Morgan fingerprint density at radius 2 is 1.66 bits per heavy atom. The number of amides is 1. The van der Waals surface area contributed by atoms with Crippen molar-refractivity contribution in [1.82, 2.24) is 25.6 Å². The molecule has 0 bridgehead atoms. The van der Waals surface area contributed by atoms with E-state index in [1.807, 2.05) is 5.43 Å². The van der Waals surface area contributed by atoms with Crippen LogP contribution in [0.5, 0.6) is 0 Å². The number of aliphatic carboxylic acids is 1. The molecule has 0 aliphatic heterocycles. The molecule has 1 heterocycles. The van der Waals surface area contributed by atoms with Gasteiger partial charge < -0.3 is 5.11 Å². The van der Waals surface area contributed by atoms with E-state index in [9.17, 15) is 35.6 Å². The van der Waals surface area contributed by atoms with Crippen molar-refractivity contribution >= 4 is 45.5 Å². The third kappa shape index (κ3) is 5.22. The van der Waals surface area contributed by atoms with Crippen LogP contribution in [0.2, 0.25) is 0 Å². The van der Waals surface area contributed by atoms with E-state index in [0.717, 1.165) is 12.1 Å². The van der Waals surface area contributed by atoms with Crippen LogP contribution in [0.4, 0.5) is 28.9 Å². The first-order chi connectivity index (χ1) is 16.3. The van der Waals surface area contributed by atoms with Crippen molar-refractivity contribution in [2.45, 2.75) is 16.7 Å². The Kier molecular flexibility index (Phi) is 6.79. The largest absolute Gasteiger partial charge is 0.477 e. The molecule has 0 fully saturated rings. The second-order valence-corrected chi connectivity index (χ2v) is 8.68. The molecule has 5 N–H and O–H groups in total. The first-order valence-electron chi connectivity index (χ1n) is 9.04. The molecule has 12 nitrogen and oxygen atoms in total. The smallest absolute Gasteiger partial charge is 0.413 e. The monoisotopic (exact) mass is 535 g/mol. The summed E-state index contributed by atoms with van der Waals surface area (Å²) in [6.45, 7) is 0. The fourth-order valence-corrected chi connectivity index (χ4v) is 3.76. The maximum absolute atomic E-state index is 13.4. The summed E-state index contributed by atoms with van der Waals surface area (Å²) in [5.74, 6) is -17.0. The zero-order valence-electron chi connectivity index (χ0n) is 16.9. The van der Waals surface area contributed by atoms with Gasteiger partial charge in [-0.3, -0.25) is 20.4 Å². The van der Waals surface area contributed by atoms with Crippen LogP contribution in [0.15, 0.2) is 53.4 Å². The van der Waals surface area contributed by atoms with E-state index in [4.69, 9.17) is 17.3 Å². The van der Waals surface area contributed by atoms with Gasteiger partial charge in [-0.1, -0.05) is 16.4 Å². The average Bonchev–Trinajstić information content (AvgIpc) is 3.23. The first-order valence-corrected chi connectivity index (χ1v) is 10.9. The standard InChI is InChI=1S/C17H13F4N7O5S2/c18-16(19,17(20,21)14(30)31)13(29)23-22-9-4-6-10(7-5-9)25-35(32,33)12-3-1-2-11(8-12)28-15(34)24-26-27-28/h1-8,22,25H,(H,23,29)(H,30,31)(H,24,27,34). The van der Waals surface area contributed by atoms with Gasteiger partial charge in [0.25, 0.3) is 10.0 Å². The number of H-pyrrole nitrogens is 1.